The fourth-order valence-electron chi connectivity index (χ4n) is 2.70. The van der Waals surface area contributed by atoms with Crippen LogP contribution in [0.5, 0.6) is 0 Å². The van der Waals surface area contributed by atoms with E-state index in [0.29, 0.717) is 0 Å². The molecule has 2 aliphatic rings. The summed E-state index contributed by atoms with van der Waals surface area (Å²) < 4.78 is 0. The molecule has 1 aliphatic heterocycles. The molecule has 3 unspecified atom stereocenters. The normalized spacial score (nSPS) is 44.0. The molecule has 1 N–H and O–H groups in total. The molecule has 0 aromatic heterocycles. The molecule has 1 aliphatic carbocycles. The van der Waals surface area contributed by atoms with E-state index in [4.69, 9.17) is 0 Å². The van der Waals surface area contributed by atoms with Crippen LogP contribution in [0.25, 0.3) is 0 Å². The Morgan fingerprint density at radius 2 is 2.17 bits per heavy atom. The Morgan fingerprint density at radius 1 is 1.33 bits per heavy atom. The summed E-state index contributed by atoms with van der Waals surface area (Å²) in [6.45, 7) is 4.80. The molecule has 0 aromatic rings. The molecule has 2 rings (SSSR count). The van der Waals surface area contributed by atoms with Crippen LogP contribution < -0.4 is 5.32 Å². The van der Waals surface area contributed by atoms with E-state index in [1.165, 1.54) is 32.4 Å². The van der Waals surface area contributed by atoms with Gasteiger partial charge in [-0.15, -0.1) is 0 Å². The van der Waals surface area contributed by atoms with Crippen molar-refractivity contribution in [3.8, 4) is 0 Å². The van der Waals surface area contributed by atoms with Crippen LogP contribution in [0.4, 0.5) is 0 Å². The van der Waals surface area contributed by atoms with Crippen molar-refractivity contribution in [2.75, 3.05) is 20.1 Å². The largest absolute Gasteiger partial charge is 0.311 e. The molecule has 1 saturated carbocycles. The summed E-state index contributed by atoms with van der Waals surface area (Å²) in [6, 6.07) is 1.61. The summed E-state index contributed by atoms with van der Waals surface area (Å²) in [5, 5.41) is 3.64. The molecule has 2 nitrogen and oxygen atoms in total. The zero-order valence-corrected chi connectivity index (χ0v) is 8.21. The Balaban J connectivity index is 1.99. The first kappa shape index (κ1) is 8.52. The number of nitrogens with one attached hydrogen (secondary N) is 1. The summed E-state index contributed by atoms with van der Waals surface area (Å²) in [5.74, 6) is 0.935. The van der Waals surface area contributed by atoms with Gasteiger partial charge in [0.15, 0.2) is 0 Å². The van der Waals surface area contributed by atoms with E-state index in [9.17, 15) is 0 Å². The van der Waals surface area contributed by atoms with Crippen molar-refractivity contribution in [3.63, 3.8) is 0 Å². The molecule has 1 saturated heterocycles. The Hall–Kier alpha value is -0.0800. The fourth-order valence-corrected chi connectivity index (χ4v) is 2.70. The first-order chi connectivity index (χ1) is 5.77. The standard InChI is InChI=1S/C10H20N2/c1-8-3-4-10-9(7-8)11-5-6-12(10)2/h8-11H,3-7H2,1-2H3. The summed E-state index contributed by atoms with van der Waals surface area (Å²) >= 11 is 0. The van der Waals surface area contributed by atoms with Gasteiger partial charge in [0.2, 0.25) is 0 Å². The number of nitrogens with zero attached hydrogens (tertiary/aromatic N) is 1. The second-order valence-electron chi connectivity index (χ2n) is 4.53. The third kappa shape index (κ3) is 1.50. The number of hydrogen-bond donors (Lipinski definition) is 1. The van der Waals surface area contributed by atoms with Gasteiger partial charge in [0.05, 0.1) is 0 Å². The lowest BCUT2D eigenvalue weighted by Gasteiger charge is -2.44. The number of hydrogen-bond acceptors (Lipinski definition) is 2. The van der Waals surface area contributed by atoms with E-state index in [1.807, 2.05) is 0 Å². The summed E-state index contributed by atoms with van der Waals surface area (Å²) in [7, 11) is 2.27. The van der Waals surface area contributed by atoms with Gasteiger partial charge in [-0.05, 0) is 32.2 Å². The lowest BCUT2D eigenvalue weighted by atomic mass is 9.82. The monoisotopic (exact) mass is 168 g/mol. The molecule has 2 heteroatoms. The van der Waals surface area contributed by atoms with Gasteiger partial charge in [-0.25, -0.2) is 0 Å². The second kappa shape index (κ2) is 3.35. The van der Waals surface area contributed by atoms with Gasteiger partial charge in [0.25, 0.3) is 0 Å². The van der Waals surface area contributed by atoms with Gasteiger partial charge in [-0.2, -0.15) is 0 Å². The van der Waals surface area contributed by atoms with E-state index in [1.54, 1.807) is 0 Å². The molecule has 12 heavy (non-hydrogen) atoms. The Morgan fingerprint density at radius 3 is 3.00 bits per heavy atom. The zero-order chi connectivity index (χ0) is 8.55. The maximum absolute atomic E-state index is 3.64. The van der Waals surface area contributed by atoms with Gasteiger partial charge in [0, 0.05) is 25.2 Å². The SMILES string of the molecule is CC1CCC2C(C1)NCCN2C. The predicted molar refractivity (Wildman–Crippen MR) is 51.2 cm³/mol. The molecule has 0 aromatic carbocycles. The molecule has 1 heterocycles. The minimum Gasteiger partial charge on any atom is -0.311 e. The van der Waals surface area contributed by atoms with E-state index < -0.39 is 0 Å². The van der Waals surface area contributed by atoms with Gasteiger partial charge < -0.3 is 10.2 Å². The Kier molecular flexibility index (Phi) is 2.37. The van der Waals surface area contributed by atoms with Crippen LogP contribution in [0.1, 0.15) is 26.2 Å². The topological polar surface area (TPSA) is 15.3 Å². The Labute approximate surface area is 75.3 Å². The van der Waals surface area contributed by atoms with Crippen LogP contribution in [0.15, 0.2) is 0 Å². The van der Waals surface area contributed by atoms with Crippen molar-refractivity contribution in [2.45, 2.75) is 38.3 Å². The van der Waals surface area contributed by atoms with Crippen LogP contribution in [-0.2, 0) is 0 Å². The number of rotatable bonds is 0. The van der Waals surface area contributed by atoms with Crippen LogP contribution in [0, 0.1) is 5.92 Å². The number of likely N-dealkylation sites (N-methyl/N-ethyl adjacent to an activating group) is 1. The molecule has 70 valence electrons. The highest BCUT2D eigenvalue weighted by molar-refractivity contribution is 4.92. The smallest absolute Gasteiger partial charge is 0.0247 e. The van der Waals surface area contributed by atoms with Crippen molar-refractivity contribution in [3.05, 3.63) is 0 Å². The summed E-state index contributed by atoms with van der Waals surface area (Å²) in [5.41, 5.74) is 0. The first-order valence-corrected chi connectivity index (χ1v) is 5.21. The van der Waals surface area contributed by atoms with Crippen LogP contribution >= 0.6 is 0 Å². The molecule has 2 fully saturated rings. The molecular weight excluding hydrogens is 148 g/mol. The van der Waals surface area contributed by atoms with Crippen LogP contribution in [0.3, 0.4) is 0 Å². The van der Waals surface area contributed by atoms with Crippen LogP contribution in [-0.4, -0.2) is 37.1 Å². The maximum atomic E-state index is 3.64. The zero-order valence-electron chi connectivity index (χ0n) is 8.21. The molecule has 0 amide bonds. The lowest BCUT2D eigenvalue weighted by Crippen LogP contribution is -2.58. The number of piperazine rings is 1. The van der Waals surface area contributed by atoms with Gasteiger partial charge >= 0.3 is 0 Å². The average molecular weight is 168 g/mol. The highest BCUT2D eigenvalue weighted by Gasteiger charge is 2.33. The van der Waals surface area contributed by atoms with Crippen molar-refractivity contribution in [1.82, 2.24) is 10.2 Å². The third-order valence-corrected chi connectivity index (χ3v) is 3.51. The van der Waals surface area contributed by atoms with Crippen molar-refractivity contribution < 1.29 is 0 Å². The maximum Gasteiger partial charge on any atom is 0.0247 e. The van der Waals surface area contributed by atoms with E-state index in [2.05, 4.69) is 24.2 Å². The molecule has 0 bridgehead atoms. The number of fused-ring (bicyclic) bond motifs is 1. The quantitative estimate of drug-likeness (QED) is 0.582. The van der Waals surface area contributed by atoms with Crippen molar-refractivity contribution in [2.24, 2.45) is 5.92 Å². The molecule has 3 atom stereocenters. The predicted octanol–water partition coefficient (Wildman–Crippen LogP) is 1.08. The summed E-state index contributed by atoms with van der Waals surface area (Å²) in [4.78, 5) is 2.53. The third-order valence-electron chi connectivity index (χ3n) is 3.51. The van der Waals surface area contributed by atoms with Crippen LogP contribution in [0.2, 0.25) is 0 Å². The van der Waals surface area contributed by atoms with E-state index >= 15 is 0 Å². The lowest BCUT2D eigenvalue weighted by molar-refractivity contribution is 0.0952. The minimum absolute atomic E-state index is 0.785. The van der Waals surface area contributed by atoms with Crippen molar-refractivity contribution in [1.29, 1.82) is 0 Å². The molecular formula is C10H20N2. The van der Waals surface area contributed by atoms with Gasteiger partial charge in [-0.3, -0.25) is 0 Å². The van der Waals surface area contributed by atoms with E-state index in [-0.39, 0.29) is 0 Å². The molecule has 0 radical (unpaired) electrons. The highest BCUT2D eigenvalue weighted by Crippen LogP contribution is 2.28. The summed E-state index contributed by atoms with van der Waals surface area (Å²) in [6.07, 6.45) is 4.21. The second-order valence-corrected chi connectivity index (χ2v) is 4.53. The van der Waals surface area contributed by atoms with Crippen molar-refractivity contribution >= 4 is 0 Å². The first-order valence-electron chi connectivity index (χ1n) is 5.21. The highest BCUT2D eigenvalue weighted by atomic mass is 15.2. The molecule has 0 spiro atoms. The Bertz CT molecular complexity index is 158. The van der Waals surface area contributed by atoms with E-state index in [0.717, 1.165) is 18.0 Å². The average Bonchev–Trinajstić information content (AvgIpc) is 2.04. The van der Waals surface area contributed by atoms with Gasteiger partial charge in [0.1, 0.15) is 0 Å². The van der Waals surface area contributed by atoms with Gasteiger partial charge in [-0.1, -0.05) is 6.92 Å². The fraction of sp³-hybridized carbons (Fsp3) is 1.00. The minimum atomic E-state index is 0.785.